The zero-order chi connectivity index (χ0) is 25.4. The first kappa shape index (κ1) is 23.1. The van der Waals surface area contributed by atoms with Crippen LogP contribution in [0, 0.1) is 26.2 Å². The number of anilines is 2. The number of aromatic nitrogens is 4. The Bertz CT molecular complexity index is 1740. The Balaban J connectivity index is 1.43. The van der Waals surface area contributed by atoms with E-state index in [-0.39, 0.29) is 11.3 Å². The molecule has 1 amide bonds. The molecule has 178 valence electrons. The van der Waals surface area contributed by atoms with Crippen molar-refractivity contribution in [3.05, 3.63) is 93.0 Å². The average Bonchev–Trinajstić information content (AvgIpc) is 3.45. The number of thiazole rings is 1. The summed E-state index contributed by atoms with van der Waals surface area (Å²) >= 11 is 1.48. The van der Waals surface area contributed by atoms with Crippen LogP contribution in [0.25, 0.3) is 22.0 Å². The number of benzene rings is 2. The molecule has 0 unspecified atom stereocenters. The van der Waals surface area contributed by atoms with Gasteiger partial charge in [-0.2, -0.15) is 5.10 Å². The lowest BCUT2D eigenvalue weighted by Gasteiger charge is -2.13. The van der Waals surface area contributed by atoms with Crippen molar-refractivity contribution in [1.29, 1.82) is 0 Å². The molecule has 0 saturated heterocycles. The molecule has 5 aromatic rings. The van der Waals surface area contributed by atoms with Crippen LogP contribution >= 0.6 is 11.3 Å². The first-order valence-corrected chi connectivity index (χ1v) is 12.0. The monoisotopic (exact) mass is 494 g/mol. The highest BCUT2D eigenvalue weighted by Gasteiger charge is 2.19. The molecule has 9 heteroatoms. The molecule has 0 aliphatic rings. The normalized spacial score (nSPS) is 10.8. The van der Waals surface area contributed by atoms with Crippen molar-refractivity contribution >= 4 is 38.8 Å². The second kappa shape index (κ2) is 9.17. The van der Waals surface area contributed by atoms with Gasteiger partial charge in [-0.05, 0) is 44.2 Å². The van der Waals surface area contributed by atoms with Crippen molar-refractivity contribution in [2.24, 2.45) is 7.05 Å². The highest BCUT2D eigenvalue weighted by atomic mass is 32.1. The van der Waals surface area contributed by atoms with E-state index < -0.39 is 5.91 Å². The zero-order valence-electron chi connectivity index (χ0n) is 19.9. The maximum absolute atomic E-state index is 13.3. The Morgan fingerprint density at radius 1 is 1.08 bits per heavy atom. The summed E-state index contributed by atoms with van der Waals surface area (Å²) < 4.78 is 2.89. The molecule has 2 aromatic carbocycles. The van der Waals surface area contributed by atoms with Gasteiger partial charge in [-0.25, -0.2) is 9.67 Å². The number of terminal acetylenes is 1. The molecule has 2 N–H and O–H groups in total. The van der Waals surface area contributed by atoms with E-state index >= 15 is 0 Å². The Hall–Kier alpha value is -4.68. The molecule has 8 nitrogen and oxygen atoms in total. The number of rotatable bonds is 5. The summed E-state index contributed by atoms with van der Waals surface area (Å²) in [7, 11) is 1.53. The van der Waals surface area contributed by atoms with Gasteiger partial charge >= 0.3 is 0 Å². The molecular weight excluding hydrogens is 472 g/mol. The zero-order valence-corrected chi connectivity index (χ0v) is 20.7. The Morgan fingerprint density at radius 2 is 1.86 bits per heavy atom. The standard InChI is InChI=1S/C27H22N6O2S/c1-5-18-9-8-10-19(14-18)28-27-29-23(15-36-27)22-13-16(2)33(17(22)3)31-25(34)24-20-11-6-7-12-21(20)26(35)32(4)30-24/h1,6-15H,2-4H3,(H,28,29)(H,31,34). The Kier molecular flexibility index (Phi) is 5.88. The fourth-order valence-corrected chi connectivity index (χ4v) is 4.81. The van der Waals surface area contributed by atoms with Crippen LogP contribution in [0.1, 0.15) is 27.4 Å². The van der Waals surface area contributed by atoms with Crippen LogP contribution < -0.4 is 16.3 Å². The van der Waals surface area contributed by atoms with Gasteiger partial charge in [0.05, 0.1) is 11.1 Å². The fourth-order valence-electron chi connectivity index (χ4n) is 4.08. The first-order chi connectivity index (χ1) is 17.4. The number of amides is 1. The van der Waals surface area contributed by atoms with Crippen molar-refractivity contribution < 1.29 is 4.79 Å². The number of fused-ring (bicyclic) bond motifs is 1. The van der Waals surface area contributed by atoms with Crippen LogP contribution in [0.3, 0.4) is 0 Å². The molecular formula is C27H22N6O2S. The second-order valence-corrected chi connectivity index (χ2v) is 9.13. The predicted octanol–water partition coefficient (Wildman–Crippen LogP) is 4.58. The maximum Gasteiger partial charge on any atom is 0.291 e. The fraction of sp³-hybridized carbons (Fsp3) is 0.111. The van der Waals surface area contributed by atoms with Crippen LogP contribution in [0.15, 0.2) is 64.8 Å². The van der Waals surface area contributed by atoms with Crippen LogP contribution in [0.5, 0.6) is 0 Å². The summed E-state index contributed by atoms with van der Waals surface area (Å²) in [6, 6.07) is 16.5. The van der Waals surface area contributed by atoms with Crippen LogP contribution in [0.2, 0.25) is 0 Å². The van der Waals surface area contributed by atoms with Crippen molar-refractivity contribution in [2.75, 3.05) is 10.7 Å². The van der Waals surface area contributed by atoms with Crippen molar-refractivity contribution in [3.63, 3.8) is 0 Å². The van der Waals surface area contributed by atoms with Gasteiger partial charge in [-0.15, -0.1) is 17.8 Å². The molecule has 0 radical (unpaired) electrons. The van der Waals surface area contributed by atoms with Gasteiger partial charge in [-0.1, -0.05) is 30.2 Å². The highest BCUT2D eigenvalue weighted by molar-refractivity contribution is 7.14. The summed E-state index contributed by atoms with van der Waals surface area (Å²) in [5.74, 6) is 2.22. The minimum atomic E-state index is -0.413. The Labute approximate surface area is 211 Å². The maximum atomic E-state index is 13.3. The van der Waals surface area contributed by atoms with E-state index in [0.29, 0.717) is 10.8 Å². The third-order valence-corrected chi connectivity index (χ3v) is 6.63. The lowest BCUT2D eigenvalue weighted by Crippen LogP contribution is -2.29. The smallest absolute Gasteiger partial charge is 0.291 e. The lowest BCUT2D eigenvalue weighted by atomic mass is 10.1. The third kappa shape index (κ3) is 4.15. The topological polar surface area (TPSA) is 93.8 Å². The van der Waals surface area contributed by atoms with Gasteiger partial charge in [-0.3, -0.25) is 19.7 Å². The molecule has 5 rings (SSSR count). The largest absolute Gasteiger partial charge is 0.331 e. The SMILES string of the molecule is C#Cc1cccc(Nc2nc(-c3cc(C)n(NC(=O)c4nn(C)c(=O)c5ccccc45)c3C)cs2)c1. The van der Waals surface area contributed by atoms with Gasteiger partial charge in [0.15, 0.2) is 10.8 Å². The molecule has 0 aliphatic heterocycles. The molecule has 3 heterocycles. The van der Waals surface area contributed by atoms with Gasteiger partial charge in [0, 0.05) is 46.0 Å². The number of carbonyl (C=O) groups excluding carboxylic acids is 1. The van der Waals surface area contributed by atoms with E-state index in [1.165, 1.54) is 23.1 Å². The van der Waals surface area contributed by atoms with Crippen LogP contribution in [-0.2, 0) is 7.05 Å². The number of aryl methyl sites for hydroxylation is 2. The summed E-state index contributed by atoms with van der Waals surface area (Å²) in [6.45, 7) is 3.82. The summed E-state index contributed by atoms with van der Waals surface area (Å²) in [6.07, 6.45) is 5.50. The van der Waals surface area contributed by atoms with Crippen molar-refractivity contribution in [1.82, 2.24) is 19.4 Å². The average molecular weight is 495 g/mol. The first-order valence-electron chi connectivity index (χ1n) is 11.1. The number of hydrogen-bond acceptors (Lipinski definition) is 6. The predicted molar refractivity (Wildman–Crippen MR) is 143 cm³/mol. The third-order valence-electron chi connectivity index (χ3n) is 5.88. The molecule has 3 aromatic heterocycles. The molecule has 0 bridgehead atoms. The van der Waals surface area contributed by atoms with E-state index in [0.717, 1.165) is 39.0 Å². The van der Waals surface area contributed by atoms with E-state index in [1.807, 2.05) is 49.6 Å². The number of carbonyl (C=O) groups is 1. The van der Waals surface area contributed by atoms with E-state index in [4.69, 9.17) is 11.4 Å². The molecule has 0 saturated carbocycles. The number of hydrogen-bond donors (Lipinski definition) is 2. The molecule has 0 fully saturated rings. The van der Waals surface area contributed by atoms with Gasteiger partial charge in [0.1, 0.15) is 0 Å². The Morgan fingerprint density at radius 3 is 2.64 bits per heavy atom. The molecule has 0 aliphatic carbocycles. The van der Waals surface area contributed by atoms with E-state index in [1.54, 1.807) is 28.9 Å². The van der Waals surface area contributed by atoms with E-state index in [2.05, 4.69) is 21.8 Å². The van der Waals surface area contributed by atoms with Crippen LogP contribution in [-0.4, -0.2) is 25.3 Å². The minimum Gasteiger partial charge on any atom is -0.331 e. The molecule has 0 spiro atoms. The van der Waals surface area contributed by atoms with E-state index in [9.17, 15) is 9.59 Å². The quantitative estimate of drug-likeness (QED) is 0.349. The van der Waals surface area contributed by atoms with Crippen LogP contribution in [0.4, 0.5) is 10.8 Å². The second-order valence-electron chi connectivity index (χ2n) is 8.27. The minimum absolute atomic E-state index is 0.177. The number of nitrogens with one attached hydrogen (secondary N) is 2. The molecule has 36 heavy (non-hydrogen) atoms. The van der Waals surface area contributed by atoms with Gasteiger partial charge in [0.25, 0.3) is 11.5 Å². The molecule has 0 atom stereocenters. The summed E-state index contributed by atoms with van der Waals surface area (Å²) in [5.41, 5.74) is 7.83. The van der Waals surface area contributed by atoms with Crippen molar-refractivity contribution in [2.45, 2.75) is 13.8 Å². The summed E-state index contributed by atoms with van der Waals surface area (Å²) in [4.78, 5) is 30.4. The highest BCUT2D eigenvalue weighted by Crippen LogP contribution is 2.31. The summed E-state index contributed by atoms with van der Waals surface area (Å²) in [5, 5.41) is 11.2. The van der Waals surface area contributed by atoms with Crippen molar-refractivity contribution in [3.8, 4) is 23.6 Å². The van der Waals surface area contributed by atoms with Gasteiger partial charge < -0.3 is 5.32 Å². The lowest BCUT2D eigenvalue weighted by molar-refractivity contribution is 0.100. The number of nitrogens with zero attached hydrogens (tertiary/aromatic N) is 4. The van der Waals surface area contributed by atoms with Gasteiger partial charge in [0.2, 0.25) is 0 Å².